The van der Waals surface area contributed by atoms with Crippen LogP contribution < -0.4 is 16.0 Å². The Morgan fingerprint density at radius 3 is 2.75 bits per heavy atom. The average molecular weight is 633 g/mol. The van der Waals surface area contributed by atoms with Gasteiger partial charge in [0.05, 0.1) is 45.6 Å². The maximum Gasteiger partial charge on any atom is 0.328 e. The van der Waals surface area contributed by atoms with E-state index in [9.17, 15) is 24.3 Å². The van der Waals surface area contributed by atoms with Crippen LogP contribution in [0.1, 0.15) is 49.0 Å². The van der Waals surface area contributed by atoms with E-state index in [0.717, 1.165) is 22.2 Å². The average Bonchev–Trinajstić information content (AvgIpc) is 3.65. The molecule has 4 amide bonds. The zero-order valence-corrected chi connectivity index (χ0v) is 24.6. The Morgan fingerprint density at radius 1 is 1.11 bits per heavy atom. The van der Waals surface area contributed by atoms with Gasteiger partial charge < -0.3 is 30.9 Å². The Bertz CT molecular complexity index is 1850. The Morgan fingerprint density at radius 2 is 1.93 bits per heavy atom. The number of fused-ring (bicyclic) bond motifs is 3. The van der Waals surface area contributed by atoms with Crippen molar-refractivity contribution >= 4 is 64.1 Å². The van der Waals surface area contributed by atoms with Crippen LogP contribution in [0.25, 0.3) is 17.1 Å². The second-order valence-electron chi connectivity index (χ2n) is 10.5. The molecule has 44 heavy (non-hydrogen) atoms. The molecular weight excluding hydrogens is 607 g/mol. The van der Waals surface area contributed by atoms with Crippen LogP contribution >= 0.6 is 23.2 Å². The Kier molecular flexibility index (Phi) is 7.98. The van der Waals surface area contributed by atoms with E-state index in [1.807, 2.05) is 36.4 Å². The molecule has 0 spiro atoms. The number of benzene rings is 3. The molecule has 2 heterocycles. The van der Waals surface area contributed by atoms with Gasteiger partial charge in [-0.15, -0.1) is 0 Å². The monoisotopic (exact) mass is 632 g/mol. The van der Waals surface area contributed by atoms with E-state index in [2.05, 4.69) is 25.9 Å². The largest absolute Gasteiger partial charge is 0.480 e. The summed E-state index contributed by atoms with van der Waals surface area (Å²) < 4.78 is 0. The highest BCUT2D eigenvalue weighted by Gasteiger charge is 2.30. The molecule has 2 aliphatic rings. The maximum absolute atomic E-state index is 13.2. The van der Waals surface area contributed by atoms with Gasteiger partial charge in [0, 0.05) is 18.7 Å². The number of aromatic nitrogens is 2. The predicted molar refractivity (Wildman–Crippen MR) is 165 cm³/mol. The van der Waals surface area contributed by atoms with Gasteiger partial charge in [-0.25, -0.2) is 14.6 Å². The highest BCUT2D eigenvalue weighted by Crippen LogP contribution is 2.35. The number of hydrogen-bond donors (Lipinski definition) is 5. The summed E-state index contributed by atoms with van der Waals surface area (Å²) in [4.78, 5) is 59.8. The lowest BCUT2D eigenvalue weighted by Gasteiger charge is -2.30. The SMILES string of the molecule is O=C(NCC(NC(=O)c1c(Cl)cc2c(c1Cl)CCN(C(=O)c1ccc3nc[nH]c3c1)C2)C(=O)O)N[C@@H]1C=Cc2ccccc21. The second-order valence-corrected chi connectivity index (χ2v) is 11.3. The number of rotatable bonds is 7. The smallest absolute Gasteiger partial charge is 0.328 e. The van der Waals surface area contributed by atoms with Crippen LogP contribution in [-0.4, -0.2) is 62.9 Å². The van der Waals surface area contributed by atoms with Crippen molar-refractivity contribution in [2.24, 2.45) is 0 Å². The lowest BCUT2D eigenvalue weighted by atomic mass is 9.96. The summed E-state index contributed by atoms with van der Waals surface area (Å²) in [5, 5.41) is 17.5. The highest BCUT2D eigenvalue weighted by molar-refractivity contribution is 6.40. The van der Waals surface area contributed by atoms with Crippen LogP contribution in [0.5, 0.6) is 0 Å². The van der Waals surface area contributed by atoms with Gasteiger partial charge in [-0.05, 0) is 52.9 Å². The van der Waals surface area contributed by atoms with Crippen molar-refractivity contribution in [3.8, 4) is 0 Å². The second kappa shape index (κ2) is 12.0. The number of carboxylic acid groups (broad SMARTS) is 1. The normalized spacial score (nSPS) is 15.8. The molecule has 0 saturated heterocycles. The number of carboxylic acids is 1. The van der Waals surface area contributed by atoms with Gasteiger partial charge in [0.1, 0.15) is 6.04 Å². The number of nitrogens with one attached hydrogen (secondary N) is 4. The van der Waals surface area contributed by atoms with E-state index in [4.69, 9.17) is 23.2 Å². The number of carbonyl (C=O) groups is 4. The van der Waals surface area contributed by atoms with E-state index in [0.29, 0.717) is 29.7 Å². The first-order valence-corrected chi connectivity index (χ1v) is 14.5. The zero-order chi connectivity index (χ0) is 31.0. The first-order valence-electron chi connectivity index (χ1n) is 13.8. The van der Waals surface area contributed by atoms with Gasteiger partial charge in [-0.1, -0.05) is 59.6 Å². The number of imidazole rings is 1. The van der Waals surface area contributed by atoms with Crippen molar-refractivity contribution in [1.82, 2.24) is 30.8 Å². The molecule has 3 aromatic carbocycles. The number of amides is 4. The number of hydrogen-bond acceptors (Lipinski definition) is 5. The fourth-order valence-corrected chi connectivity index (χ4v) is 6.24. The van der Waals surface area contributed by atoms with Gasteiger partial charge in [-0.2, -0.15) is 0 Å². The standard InChI is InChI=1S/C31H26Cl2N6O5/c32-21-11-18-14-39(29(41)17-6-8-23-24(12-17)36-15-35-23)10-9-20(18)27(33)26(21)28(40)37-25(30(42)43)13-34-31(44)38-22-7-5-16-3-1-2-4-19(16)22/h1-8,11-12,15,22,25H,9-10,13-14H2,(H,35,36)(H,37,40)(H,42,43)(H2,34,38,44)/t22-,25?/m1/s1. The highest BCUT2D eigenvalue weighted by atomic mass is 35.5. The van der Waals surface area contributed by atoms with Crippen molar-refractivity contribution in [1.29, 1.82) is 0 Å². The molecule has 11 nitrogen and oxygen atoms in total. The summed E-state index contributed by atoms with van der Waals surface area (Å²) in [6, 6.07) is 12.0. The molecule has 0 bridgehead atoms. The van der Waals surface area contributed by atoms with Crippen molar-refractivity contribution in [3.63, 3.8) is 0 Å². The number of carbonyl (C=O) groups excluding carboxylic acids is 3. The van der Waals surface area contributed by atoms with Crippen molar-refractivity contribution < 1.29 is 24.3 Å². The van der Waals surface area contributed by atoms with Crippen LogP contribution in [0, 0.1) is 0 Å². The third kappa shape index (κ3) is 5.71. The minimum atomic E-state index is -1.46. The number of halogens is 2. The third-order valence-electron chi connectivity index (χ3n) is 7.74. The molecule has 1 aromatic heterocycles. The van der Waals surface area contributed by atoms with Gasteiger partial charge in [-0.3, -0.25) is 9.59 Å². The van der Waals surface area contributed by atoms with Gasteiger partial charge in [0.15, 0.2) is 0 Å². The number of aliphatic carboxylic acids is 1. The maximum atomic E-state index is 13.2. The molecule has 6 rings (SSSR count). The molecule has 1 unspecified atom stereocenters. The summed E-state index contributed by atoms with van der Waals surface area (Å²) in [5.41, 5.74) is 5.20. The fraction of sp³-hybridized carbons (Fsp3) is 0.194. The molecule has 0 saturated carbocycles. The third-order valence-corrected chi connectivity index (χ3v) is 8.46. The molecule has 13 heteroatoms. The molecule has 2 atom stereocenters. The van der Waals surface area contributed by atoms with Gasteiger partial charge in [0.2, 0.25) is 0 Å². The zero-order valence-electron chi connectivity index (χ0n) is 23.1. The quantitative estimate of drug-likeness (QED) is 0.204. The van der Waals surface area contributed by atoms with Crippen LogP contribution in [-0.2, 0) is 17.8 Å². The Labute approximate surface area is 261 Å². The molecule has 0 radical (unpaired) electrons. The number of urea groups is 1. The fourth-order valence-electron chi connectivity index (χ4n) is 5.48. The van der Waals surface area contributed by atoms with Crippen LogP contribution in [0.15, 0.2) is 60.9 Å². The summed E-state index contributed by atoms with van der Waals surface area (Å²) in [6.45, 7) is 0.202. The number of H-pyrrole nitrogens is 1. The number of nitrogens with zero attached hydrogens (tertiary/aromatic N) is 2. The molecule has 0 fully saturated rings. The predicted octanol–water partition coefficient (Wildman–Crippen LogP) is 4.32. The van der Waals surface area contributed by atoms with Gasteiger partial charge in [0.25, 0.3) is 11.8 Å². The molecule has 5 N–H and O–H groups in total. The molecule has 224 valence electrons. The van der Waals surface area contributed by atoms with E-state index >= 15 is 0 Å². The molecule has 1 aliphatic heterocycles. The van der Waals surface area contributed by atoms with E-state index in [1.54, 1.807) is 35.5 Å². The van der Waals surface area contributed by atoms with Crippen molar-refractivity contribution in [2.45, 2.75) is 25.0 Å². The van der Waals surface area contributed by atoms with Crippen LogP contribution in [0.4, 0.5) is 4.79 Å². The van der Waals surface area contributed by atoms with Crippen molar-refractivity contribution in [3.05, 3.63) is 104 Å². The van der Waals surface area contributed by atoms with Gasteiger partial charge >= 0.3 is 12.0 Å². The van der Waals surface area contributed by atoms with E-state index in [1.165, 1.54) is 0 Å². The minimum Gasteiger partial charge on any atom is -0.480 e. The van der Waals surface area contributed by atoms with Crippen molar-refractivity contribution in [2.75, 3.05) is 13.1 Å². The molecular formula is C31H26Cl2N6O5. The first kappa shape index (κ1) is 29.2. The van der Waals surface area contributed by atoms with E-state index < -0.39 is 23.9 Å². The van der Waals surface area contributed by atoms with Crippen LogP contribution in [0.2, 0.25) is 10.0 Å². The minimum absolute atomic E-state index is 0.0148. The molecule has 1 aliphatic carbocycles. The topological polar surface area (TPSA) is 157 Å². The Hall–Kier alpha value is -4.87. The van der Waals surface area contributed by atoms with E-state index in [-0.39, 0.29) is 40.6 Å². The number of aromatic amines is 1. The lowest BCUT2D eigenvalue weighted by molar-refractivity contribution is -0.139. The lowest BCUT2D eigenvalue weighted by Crippen LogP contribution is -2.50. The summed E-state index contributed by atoms with van der Waals surface area (Å²) in [6.07, 6.45) is 5.65. The summed E-state index contributed by atoms with van der Waals surface area (Å²) in [5.74, 6) is -2.32. The van der Waals surface area contributed by atoms with Crippen LogP contribution in [0.3, 0.4) is 0 Å². The first-order chi connectivity index (χ1) is 21.2. The molecule has 4 aromatic rings. The Balaban J connectivity index is 1.11. The summed E-state index contributed by atoms with van der Waals surface area (Å²) >= 11 is 13.1. The summed E-state index contributed by atoms with van der Waals surface area (Å²) in [7, 11) is 0.